The summed E-state index contributed by atoms with van der Waals surface area (Å²) in [4.78, 5) is 4.88. The highest BCUT2D eigenvalue weighted by atomic mass is 35.5. The molecule has 0 spiro atoms. The zero-order valence-corrected chi connectivity index (χ0v) is 23.6. The topological polar surface area (TPSA) is 72.7 Å². The molecule has 10 heteroatoms. The Bertz CT molecular complexity index is 1480. The molecular formula is C31H35ClF3N5O. The molecule has 1 aliphatic heterocycles. The van der Waals surface area contributed by atoms with E-state index in [-0.39, 0.29) is 12.3 Å². The second-order valence-corrected chi connectivity index (χ2v) is 10.9. The highest BCUT2D eigenvalue weighted by Gasteiger charge is 2.31. The SMILES string of the molecule is NCCCn1cc(-c2ccc(OC(F)(F)F)cc2CN)c2cc(CN3CCN(Cc4ccccc4Cl)CC3)ccc21. The lowest BCUT2D eigenvalue weighted by Gasteiger charge is -2.35. The van der Waals surface area contributed by atoms with Crippen molar-refractivity contribution in [1.29, 1.82) is 0 Å². The predicted molar refractivity (Wildman–Crippen MR) is 158 cm³/mol. The Balaban J connectivity index is 1.37. The number of alkyl halides is 3. The second kappa shape index (κ2) is 12.8. The number of aryl methyl sites for hydroxylation is 1. The first-order valence-electron chi connectivity index (χ1n) is 13.8. The van der Waals surface area contributed by atoms with Crippen LogP contribution in [0.2, 0.25) is 5.02 Å². The van der Waals surface area contributed by atoms with Gasteiger partial charge in [-0.05, 0) is 65.6 Å². The van der Waals surface area contributed by atoms with Crippen LogP contribution < -0.4 is 16.2 Å². The summed E-state index contributed by atoms with van der Waals surface area (Å²) in [6.07, 6.45) is -1.90. The summed E-state index contributed by atoms with van der Waals surface area (Å²) in [7, 11) is 0. The van der Waals surface area contributed by atoms with Crippen LogP contribution in [0.3, 0.4) is 0 Å². The van der Waals surface area contributed by atoms with Gasteiger partial charge < -0.3 is 20.8 Å². The summed E-state index contributed by atoms with van der Waals surface area (Å²) >= 11 is 6.36. The van der Waals surface area contributed by atoms with Crippen molar-refractivity contribution in [2.45, 2.75) is 39.0 Å². The molecule has 0 aliphatic carbocycles. The average molecular weight is 586 g/mol. The number of aromatic nitrogens is 1. The van der Waals surface area contributed by atoms with Crippen LogP contribution in [0.1, 0.15) is 23.1 Å². The van der Waals surface area contributed by atoms with Crippen molar-refractivity contribution in [1.82, 2.24) is 14.4 Å². The van der Waals surface area contributed by atoms with Gasteiger partial charge in [0.25, 0.3) is 0 Å². The van der Waals surface area contributed by atoms with E-state index >= 15 is 0 Å². The van der Waals surface area contributed by atoms with Gasteiger partial charge in [-0.15, -0.1) is 13.2 Å². The Morgan fingerprint density at radius 3 is 2.24 bits per heavy atom. The quantitative estimate of drug-likeness (QED) is 0.239. The molecule has 2 heterocycles. The van der Waals surface area contributed by atoms with E-state index in [9.17, 15) is 13.2 Å². The predicted octanol–water partition coefficient (Wildman–Crippen LogP) is 5.99. The fourth-order valence-electron chi connectivity index (χ4n) is 5.53. The minimum absolute atomic E-state index is 0.0814. The first-order valence-corrected chi connectivity index (χ1v) is 14.2. The Labute approximate surface area is 243 Å². The van der Waals surface area contributed by atoms with Gasteiger partial charge in [-0.25, -0.2) is 0 Å². The molecule has 4 aromatic rings. The number of rotatable bonds is 10. The van der Waals surface area contributed by atoms with E-state index in [4.69, 9.17) is 23.1 Å². The summed E-state index contributed by atoms with van der Waals surface area (Å²) in [6.45, 7) is 6.86. The largest absolute Gasteiger partial charge is 0.573 e. The van der Waals surface area contributed by atoms with Gasteiger partial charge in [-0.1, -0.05) is 41.9 Å². The monoisotopic (exact) mass is 585 g/mol. The molecule has 1 saturated heterocycles. The van der Waals surface area contributed by atoms with Crippen molar-refractivity contribution in [3.63, 3.8) is 0 Å². The van der Waals surface area contributed by atoms with Crippen molar-refractivity contribution in [2.24, 2.45) is 11.5 Å². The van der Waals surface area contributed by atoms with E-state index in [1.807, 2.05) is 18.2 Å². The third-order valence-electron chi connectivity index (χ3n) is 7.59. The van der Waals surface area contributed by atoms with Crippen LogP contribution in [0.25, 0.3) is 22.0 Å². The minimum Gasteiger partial charge on any atom is -0.406 e. The second-order valence-electron chi connectivity index (χ2n) is 10.4. The zero-order chi connectivity index (χ0) is 29.0. The fourth-order valence-corrected chi connectivity index (χ4v) is 5.73. The van der Waals surface area contributed by atoms with Gasteiger partial charge in [0, 0.05) is 80.0 Å². The molecule has 0 bridgehead atoms. The van der Waals surface area contributed by atoms with Crippen LogP contribution in [0.4, 0.5) is 13.2 Å². The first-order chi connectivity index (χ1) is 19.7. The molecule has 4 N–H and O–H groups in total. The Hall–Kier alpha value is -3.08. The van der Waals surface area contributed by atoms with Gasteiger partial charge in [0.2, 0.25) is 0 Å². The summed E-state index contributed by atoms with van der Waals surface area (Å²) < 4.78 is 44.8. The normalized spacial score (nSPS) is 15.1. The maximum absolute atomic E-state index is 12.8. The van der Waals surface area contributed by atoms with Gasteiger partial charge in [-0.3, -0.25) is 9.80 Å². The number of halogens is 4. The van der Waals surface area contributed by atoms with E-state index in [2.05, 4.69) is 49.6 Å². The number of benzene rings is 3. The minimum atomic E-state index is -4.76. The Morgan fingerprint density at radius 1 is 0.829 bits per heavy atom. The molecule has 41 heavy (non-hydrogen) atoms. The summed E-state index contributed by atoms with van der Waals surface area (Å²) in [5.74, 6) is -0.275. The molecule has 0 saturated carbocycles. The highest BCUT2D eigenvalue weighted by molar-refractivity contribution is 6.31. The van der Waals surface area contributed by atoms with Gasteiger partial charge in [-0.2, -0.15) is 0 Å². The number of hydrogen-bond donors (Lipinski definition) is 2. The van der Waals surface area contributed by atoms with Crippen LogP contribution in [-0.2, 0) is 26.2 Å². The molecule has 0 radical (unpaired) electrons. The molecule has 6 nitrogen and oxygen atoms in total. The molecule has 5 rings (SSSR count). The van der Waals surface area contributed by atoms with Gasteiger partial charge >= 0.3 is 6.36 Å². The van der Waals surface area contributed by atoms with Gasteiger partial charge in [0.15, 0.2) is 0 Å². The summed E-state index contributed by atoms with van der Waals surface area (Å²) in [6, 6.07) is 18.8. The van der Waals surface area contributed by atoms with E-state index in [1.54, 1.807) is 6.07 Å². The summed E-state index contributed by atoms with van der Waals surface area (Å²) in [5, 5.41) is 1.84. The molecule has 0 atom stereocenters. The average Bonchev–Trinajstić information content (AvgIpc) is 3.30. The third kappa shape index (κ3) is 7.23. The van der Waals surface area contributed by atoms with E-state index in [0.29, 0.717) is 12.1 Å². The molecule has 0 unspecified atom stereocenters. The zero-order valence-electron chi connectivity index (χ0n) is 22.8. The van der Waals surface area contributed by atoms with Crippen LogP contribution in [0.5, 0.6) is 5.75 Å². The Kier molecular flexibility index (Phi) is 9.21. The molecule has 1 fully saturated rings. The molecular weight excluding hydrogens is 551 g/mol. The van der Waals surface area contributed by atoms with Crippen LogP contribution in [-0.4, -0.2) is 53.5 Å². The van der Waals surface area contributed by atoms with Crippen molar-refractivity contribution in [3.05, 3.63) is 88.6 Å². The maximum atomic E-state index is 12.8. The number of nitrogens with zero attached hydrogens (tertiary/aromatic N) is 3. The standard InChI is InChI=1S/C31H35ClF3N5O/c32-29-5-2-1-4-23(29)20-39-14-12-38(13-15-39)19-22-6-9-30-27(16-22)28(21-40(30)11-3-10-36)26-8-7-25(17-24(26)18-37)41-31(33,34)35/h1-2,4-9,16-17,21H,3,10-15,18-20,36-37H2. The summed E-state index contributed by atoms with van der Waals surface area (Å²) in [5.41, 5.74) is 17.5. The number of nitrogens with two attached hydrogens (primary N) is 2. The lowest BCUT2D eigenvalue weighted by Crippen LogP contribution is -2.45. The number of ether oxygens (including phenoxy) is 1. The maximum Gasteiger partial charge on any atom is 0.573 e. The van der Waals surface area contributed by atoms with Gasteiger partial charge in [0.1, 0.15) is 5.75 Å². The van der Waals surface area contributed by atoms with Crippen molar-refractivity contribution in [3.8, 4) is 16.9 Å². The highest BCUT2D eigenvalue weighted by Crippen LogP contribution is 2.36. The number of hydrogen-bond acceptors (Lipinski definition) is 5. The molecule has 1 aliphatic rings. The van der Waals surface area contributed by atoms with Crippen LogP contribution in [0.15, 0.2) is 66.9 Å². The fraction of sp³-hybridized carbons (Fsp3) is 0.355. The third-order valence-corrected chi connectivity index (χ3v) is 7.96. The smallest absolute Gasteiger partial charge is 0.406 e. The van der Waals surface area contributed by atoms with E-state index in [0.717, 1.165) is 84.9 Å². The molecule has 0 amide bonds. The molecule has 3 aromatic carbocycles. The number of fused-ring (bicyclic) bond motifs is 1. The van der Waals surface area contributed by atoms with Crippen molar-refractivity contribution < 1.29 is 17.9 Å². The lowest BCUT2D eigenvalue weighted by atomic mass is 9.98. The van der Waals surface area contributed by atoms with Crippen molar-refractivity contribution >= 4 is 22.5 Å². The number of piperazine rings is 1. The lowest BCUT2D eigenvalue weighted by molar-refractivity contribution is -0.274. The van der Waals surface area contributed by atoms with Crippen LogP contribution >= 0.6 is 11.6 Å². The molecule has 218 valence electrons. The Morgan fingerprint density at radius 2 is 1.56 bits per heavy atom. The van der Waals surface area contributed by atoms with E-state index < -0.39 is 6.36 Å². The van der Waals surface area contributed by atoms with Gasteiger partial charge in [0.05, 0.1) is 0 Å². The molecule has 1 aromatic heterocycles. The van der Waals surface area contributed by atoms with Crippen LogP contribution in [0, 0.1) is 0 Å². The first kappa shape index (κ1) is 29.4. The van der Waals surface area contributed by atoms with Crippen molar-refractivity contribution in [2.75, 3.05) is 32.7 Å². The van der Waals surface area contributed by atoms with E-state index in [1.165, 1.54) is 17.7 Å².